The molecule has 0 unspecified atom stereocenters. The van der Waals surface area contributed by atoms with E-state index in [1.165, 1.54) is 22.3 Å². The quantitative estimate of drug-likeness (QED) is 0.558. The van der Waals surface area contributed by atoms with Crippen molar-refractivity contribution in [2.24, 2.45) is 0 Å². The van der Waals surface area contributed by atoms with E-state index in [1.54, 1.807) is 0 Å². The van der Waals surface area contributed by atoms with Crippen LogP contribution in [0, 0.1) is 0 Å². The molecule has 0 N–H and O–H groups in total. The number of nitrogens with zero attached hydrogens (tertiary/aromatic N) is 4. The fourth-order valence-electron chi connectivity index (χ4n) is 4.22. The average Bonchev–Trinajstić information content (AvgIpc) is 3.00. The van der Waals surface area contributed by atoms with Crippen molar-refractivity contribution in [3.05, 3.63) is 108 Å². The number of fused-ring (bicyclic) bond motifs is 3. The van der Waals surface area contributed by atoms with E-state index < -0.39 is 0 Å². The summed E-state index contributed by atoms with van der Waals surface area (Å²) < 4.78 is 0. The molecule has 4 aromatic rings. The third-order valence-electron chi connectivity index (χ3n) is 5.32. The molecule has 130 valence electrons. The molecule has 4 aromatic heterocycles. The minimum absolute atomic E-state index is 0.310. The van der Waals surface area contributed by atoms with Crippen molar-refractivity contribution in [1.29, 1.82) is 0 Å². The lowest BCUT2D eigenvalue weighted by molar-refractivity contribution is 0.491. The topological polar surface area (TPSA) is 51.6 Å². The molecule has 1 aliphatic carbocycles. The van der Waals surface area contributed by atoms with Crippen LogP contribution in [0.3, 0.4) is 0 Å². The summed E-state index contributed by atoms with van der Waals surface area (Å²) in [4.78, 5) is 18.0. The van der Waals surface area contributed by atoms with Gasteiger partial charge in [-0.15, -0.1) is 0 Å². The first-order chi connectivity index (χ1) is 13.4. The summed E-state index contributed by atoms with van der Waals surface area (Å²) in [6.07, 6.45) is 12.8. The van der Waals surface area contributed by atoms with Crippen molar-refractivity contribution >= 4 is 0 Å². The highest BCUT2D eigenvalue weighted by Crippen LogP contribution is 2.50. The molecule has 5 rings (SSSR count). The van der Waals surface area contributed by atoms with Gasteiger partial charge >= 0.3 is 0 Å². The number of pyridine rings is 4. The maximum absolute atomic E-state index is 4.85. The highest BCUT2D eigenvalue weighted by atomic mass is 14.8. The third-order valence-corrected chi connectivity index (χ3v) is 5.32. The van der Waals surface area contributed by atoms with E-state index in [9.17, 15) is 0 Å². The Hall–Kier alpha value is -3.40. The highest BCUT2D eigenvalue weighted by molar-refractivity contribution is 5.78. The van der Waals surface area contributed by atoms with E-state index in [0.29, 0.717) is 0 Å². The molecule has 0 aromatic carbocycles. The predicted octanol–water partition coefficient (Wildman–Crippen LogP) is 4.02. The van der Waals surface area contributed by atoms with E-state index in [2.05, 4.69) is 46.4 Å². The molecule has 0 atom stereocenters. The van der Waals surface area contributed by atoms with Crippen LogP contribution in [0.4, 0.5) is 0 Å². The van der Waals surface area contributed by atoms with Gasteiger partial charge in [0.2, 0.25) is 0 Å². The fraction of sp³-hybridized carbons (Fsp3) is 0.130. The molecular weight excluding hydrogens is 332 g/mol. The van der Waals surface area contributed by atoms with Gasteiger partial charge in [-0.3, -0.25) is 19.9 Å². The molecule has 0 spiro atoms. The van der Waals surface area contributed by atoms with Crippen LogP contribution >= 0.6 is 0 Å². The molecule has 1 aliphatic rings. The molecule has 4 heteroatoms. The van der Waals surface area contributed by atoms with Crippen molar-refractivity contribution in [3.63, 3.8) is 0 Å². The van der Waals surface area contributed by atoms with E-state index in [1.807, 2.05) is 49.3 Å². The monoisotopic (exact) mass is 350 g/mol. The van der Waals surface area contributed by atoms with Crippen LogP contribution in [0.1, 0.15) is 22.5 Å². The molecule has 0 fully saturated rings. The summed E-state index contributed by atoms with van der Waals surface area (Å²) in [5.41, 5.74) is 6.73. The molecule has 4 heterocycles. The SMILES string of the molecule is c1cnc2c(c1)-c1cccnc1C2(Cc1ccncc1)Cc1ccncc1. The van der Waals surface area contributed by atoms with E-state index in [-0.39, 0.29) is 5.41 Å². The molecule has 4 nitrogen and oxygen atoms in total. The maximum Gasteiger partial charge on any atom is 0.0640 e. The minimum atomic E-state index is -0.310. The van der Waals surface area contributed by atoms with Gasteiger partial charge in [0.1, 0.15) is 0 Å². The van der Waals surface area contributed by atoms with Crippen LogP contribution in [-0.2, 0) is 18.3 Å². The normalized spacial score (nSPS) is 13.8. The summed E-state index contributed by atoms with van der Waals surface area (Å²) >= 11 is 0. The van der Waals surface area contributed by atoms with Crippen LogP contribution < -0.4 is 0 Å². The zero-order valence-corrected chi connectivity index (χ0v) is 14.8. The number of hydrogen-bond acceptors (Lipinski definition) is 4. The summed E-state index contributed by atoms with van der Waals surface area (Å²) in [5.74, 6) is 0. The minimum Gasteiger partial charge on any atom is -0.265 e. The average molecular weight is 350 g/mol. The Balaban J connectivity index is 1.75. The second kappa shape index (κ2) is 6.40. The van der Waals surface area contributed by atoms with Crippen LogP contribution in [0.15, 0.2) is 85.7 Å². The molecule has 0 radical (unpaired) electrons. The van der Waals surface area contributed by atoms with Crippen LogP contribution in [0.25, 0.3) is 11.1 Å². The molecular formula is C23H18N4. The summed E-state index contributed by atoms with van der Waals surface area (Å²) in [6.45, 7) is 0. The van der Waals surface area contributed by atoms with Crippen LogP contribution in [-0.4, -0.2) is 19.9 Å². The lowest BCUT2D eigenvalue weighted by Crippen LogP contribution is -2.33. The Morgan fingerprint density at radius 3 is 1.44 bits per heavy atom. The summed E-state index contributed by atoms with van der Waals surface area (Å²) in [5, 5.41) is 0. The van der Waals surface area contributed by atoms with Crippen molar-refractivity contribution in [2.75, 3.05) is 0 Å². The van der Waals surface area contributed by atoms with Gasteiger partial charge in [-0.05, 0) is 60.4 Å². The molecule has 0 aliphatic heterocycles. The van der Waals surface area contributed by atoms with Crippen LogP contribution in [0.2, 0.25) is 0 Å². The molecule has 27 heavy (non-hydrogen) atoms. The van der Waals surface area contributed by atoms with Gasteiger partial charge in [0.25, 0.3) is 0 Å². The van der Waals surface area contributed by atoms with Gasteiger partial charge in [-0.25, -0.2) is 0 Å². The standard InChI is InChI=1S/C23H18N4/c1-3-19-20-4-2-10-27-22(20)23(21(19)26-9-1,15-17-5-11-24-12-6-17)16-18-7-13-25-14-8-18/h1-14H,15-16H2. The van der Waals surface area contributed by atoms with Gasteiger partial charge in [-0.2, -0.15) is 0 Å². The van der Waals surface area contributed by atoms with Crippen molar-refractivity contribution < 1.29 is 0 Å². The van der Waals surface area contributed by atoms with Crippen molar-refractivity contribution in [3.8, 4) is 11.1 Å². The largest absolute Gasteiger partial charge is 0.265 e. The Labute approximate surface area is 158 Å². The number of rotatable bonds is 4. The summed E-state index contributed by atoms with van der Waals surface area (Å²) in [6, 6.07) is 16.6. The van der Waals surface area contributed by atoms with Gasteiger partial charge in [0.15, 0.2) is 0 Å². The first-order valence-corrected chi connectivity index (χ1v) is 9.06. The second-order valence-electron chi connectivity index (χ2n) is 6.95. The maximum atomic E-state index is 4.85. The lowest BCUT2D eigenvalue weighted by Gasteiger charge is -2.30. The Morgan fingerprint density at radius 2 is 1.00 bits per heavy atom. The van der Waals surface area contributed by atoms with Gasteiger partial charge in [0, 0.05) is 48.3 Å². The van der Waals surface area contributed by atoms with E-state index in [4.69, 9.17) is 9.97 Å². The Bertz CT molecular complexity index is 989. The highest BCUT2D eigenvalue weighted by Gasteiger charge is 2.45. The Morgan fingerprint density at radius 1 is 0.556 bits per heavy atom. The number of hydrogen-bond donors (Lipinski definition) is 0. The first-order valence-electron chi connectivity index (χ1n) is 9.06. The third kappa shape index (κ3) is 2.61. The predicted molar refractivity (Wildman–Crippen MR) is 104 cm³/mol. The second-order valence-corrected chi connectivity index (χ2v) is 6.95. The molecule has 0 amide bonds. The van der Waals surface area contributed by atoms with E-state index in [0.717, 1.165) is 24.2 Å². The van der Waals surface area contributed by atoms with Gasteiger partial charge in [0.05, 0.1) is 16.8 Å². The molecule has 0 bridgehead atoms. The van der Waals surface area contributed by atoms with Gasteiger partial charge in [-0.1, -0.05) is 12.1 Å². The zero-order valence-electron chi connectivity index (χ0n) is 14.8. The Kier molecular flexibility index (Phi) is 3.75. The van der Waals surface area contributed by atoms with Gasteiger partial charge < -0.3 is 0 Å². The smallest absolute Gasteiger partial charge is 0.0640 e. The fourth-order valence-corrected chi connectivity index (χ4v) is 4.22. The van der Waals surface area contributed by atoms with Crippen LogP contribution in [0.5, 0.6) is 0 Å². The van der Waals surface area contributed by atoms with Crippen molar-refractivity contribution in [2.45, 2.75) is 18.3 Å². The molecule has 0 saturated heterocycles. The van der Waals surface area contributed by atoms with E-state index >= 15 is 0 Å². The molecule has 0 saturated carbocycles. The summed E-state index contributed by atoms with van der Waals surface area (Å²) in [7, 11) is 0. The van der Waals surface area contributed by atoms with Crippen molar-refractivity contribution in [1.82, 2.24) is 19.9 Å². The first kappa shape index (κ1) is 15.8. The zero-order chi connectivity index (χ0) is 18.1. The lowest BCUT2D eigenvalue weighted by atomic mass is 9.73. The number of aromatic nitrogens is 4.